The Morgan fingerprint density at radius 2 is 1.96 bits per heavy atom. The van der Waals surface area contributed by atoms with Gasteiger partial charge in [-0.15, -0.1) is 6.42 Å². The maximum Gasteiger partial charge on any atom is 0.410 e. The summed E-state index contributed by atoms with van der Waals surface area (Å²) in [5, 5.41) is 1.34. The number of rotatable bonds is 6. The molecule has 0 aliphatic carbocycles. The van der Waals surface area contributed by atoms with Crippen LogP contribution >= 0.6 is 0 Å². The molecule has 3 fully saturated rings. The van der Waals surface area contributed by atoms with Crippen LogP contribution in [-0.2, 0) is 4.74 Å². The van der Waals surface area contributed by atoms with E-state index in [2.05, 4.69) is 20.8 Å². The van der Waals surface area contributed by atoms with Crippen molar-refractivity contribution in [1.29, 1.82) is 0 Å². The standard InChI is InChI=1S/C38H41F3N6O3/c1-7-25-28(40)13-12-23-10-8-11-26(30(23)25)32-31(41)33-27(17-42-32)34(45(6)29-20-46(18-22(29)2)36(48)50-37(3,4)5)44-35(43-33)49-21-38-14-9-15-47(38)19-24(39)16-38/h1,8,10-13,17,22,24,29H,9,14-16,18-21H2,2-6H3/t22-,24+,29+,38-/m0/s1. The topological polar surface area (TPSA) is 83.9 Å². The van der Waals surface area contributed by atoms with Gasteiger partial charge in [0.15, 0.2) is 5.82 Å². The summed E-state index contributed by atoms with van der Waals surface area (Å²) in [5.41, 5.74) is -0.874. The van der Waals surface area contributed by atoms with Gasteiger partial charge in [-0.05, 0) is 57.5 Å². The average molecular weight is 687 g/mol. The maximum atomic E-state index is 16.9. The van der Waals surface area contributed by atoms with Gasteiger partial charge in [0.05, 0.1) is 22.5 Å². The summed E-state index contributed by atoms with van der Waals surface area (Å²) in [7, 11) is 1.84. The van der Waals surface area contributed by atoms with Crippen molar-refractivity contribution in [3.8, 4) is 29.6 Å². The number of halogens is 3. The van der Waals surface area contributed by atoms with Crippen molar-refractivity contribution in [2.24, 2.45) is 5.92 Å². The van der Waals surface area contributed by atoms with Crippen molar-refractivity contribution in [3.63, 3.8) is 0 Å². The van der Waals surface area contributed by atoms with Crippen molar-refractivity contribution in [3.05, 3.63) is 53.7 Å². The number of hydrogen-bond acceptors (Lipinski definition) is 8. The number of carbonyl (C=O) groups is 1. The van der Waals surface area contributed by atoms with E-state index in [0.717, 1.165) is 19.4 Å². The number of fused-ring (bicyclic) bond motifs is 3. The minimum Gasteiger partial charge on any atom is -0.461 e. The molecule has 50 heavy (non-hydrogen) atoms. The van der Waals surface area contributed by atoms with Crippen LogP contribution in [0.25, 0.3) is 32.9 Å². The lowest BCUT2D eigenvalue weighted by atomic mass is 9.95. The van der Waals surface area contributed by atoms with Gasteiger partial charge in [0.1, 0.15) is 41.2 Å². The highest BCUT2D eigenvalue weighted by Crippen LogP contribution is 2.41. The van der Waals surface area contributed by atoms with Gasteiger partial charge in [-0.2, -0.15) is 9.97 Å². The van der Waals surface area contributed by atoms with Gasteiger partial charge in [0.25, 0.3) is 0 Å². The van der Waals surface area contributed by atoms with E-state index in [1.165, 1.54) is 12.3 Å². The van der Waals surface area contributed by atoms with Crippen LogP contribution in [-0.4, -0.2) is 94.0 Å². The molecular formula is C38H41F3N6O3. The molecule has 2 aromatic heterocycles. The number of carbonyl (C=O) groups excluding carboxylic acids is 1. The van der Waals surface area contributed by atoms with E-state index in [1.54, 1.807) is 29.2 Å². The summed E-state index contributed by atoms with van der Waals surface area (Å²) < 4.78 is 58.3. The second-order valence-electron chi connectivity index (χ2n) is 14.9. The first-order valence-electron chi connectivity index (χ1n) is 17.1. The number of hydrogen-bond donors (Lipinski definition) is 0. The third kappa shape index (κ3) is 5.95. The number of nitrogens with zero attached hydrogens (tertiary/aromatic N) is 6. The van der Waals surface area contributed by atoms with E-state index in [-0.39, 0.29) is 41.4 Å². The van der Waals surface area contributed by atoms with Crippen molar-refractivity contribution in [1.82, 2.24) is 24.8 Å². The molecule has 0 N–H and O–H groups in total. The van der Waals surface area contributed by atoms with Gasteiger partial charge in [-0.3, -0.25) is 9.88 Å². The van der Waals surface area contributed by atoms with Crippen molar-refractivity contribution < 1.29 is 27.4 Å². The molecule has 1 amide bonds. The highest BCUT2D eigenvalue weighted by atomic mass is 19.1. The molecule has 0 bridgehead atoms. The normalized spacial score (nSPS) is 23.7. The number of amides is 1. The molecule has 0 unspecified atom stereocenters. The van der Waals surface area contributed by atoms with Crippen LogP contribution in [0.1, 0.15) is 52.5 Å². The lowest BCUT2D eigenvalue weighted by Gasteiger charge is -2.32. The van der Waals surface area contributed by atoms with Crippen LogP contribution in [0.4, 0.5) is 23.8 Å². The third-order valence-electron chi connectivity index (χ3n) is 10.3. The Kier molecular flexibility index (Phi) is 8.53. The first-order valence-corrected chi connectivity index (χ1v) is 17.1. The van der Waals surface area contributed by atoms with E-state index >= 15 is 4.39 Å². The second-order valence-corrected chi connectivity index (χ2v) is 14.9. The zero-order chi connectivity index (χ0) is 35.5. The maximum absolute atomic E-state index is 16.9. The number of terminal acetylenes is 1. The predicted molar refractivity (Wildman–Crippen MR) is 186 cm³/mol. The fourth-order valence-corrected chi connectivity index (χ4v) is 7.97. The fraction of sp³-hybridized carbons (Fsp3) is 0.474. The molecule has 262 valence electrons. The predicted octanol–water partition coefficient (Wildman–Crippen LogP) is 6.75. The number of ether oxygens (including phenoxy) is 2. The zero-order valence-electron chi connectivity index (χ0n) is 29.0. The number of likely N-dealkylation sites (N-methyl/N-ethyl adjacent to an activating group) is 1. The molecule has 12 heteroatoms. The van der Waals surface area contributed by atoms with Crippen molar-refractivity contribution >= 4 is 33.6 Å². The van der Waals surface area contributed by atoms with E-state index in [4.69, 9.17) is 20.9 Å². The molecule has 5 heterocycles. The Morgan fingerprint density at radius 1 is 1.16 bits per heavy atom. The zero-order valence-corrected chi connectivity index (χ0v) is 29.0. The molecule has 4 atom stereocenters. The van der Waals surface area contributed by atoms with Crippen LogP contribution < -0.4 is 9.64 Å². The molecular weight excluding hydrogens is 645 g/mol. The van der Waals surface area contributed by atoms with Gasteiger partial charge >= 0.3 is 12.1 Å². The van der Waals surface area contributed by atoms with E-state index in [1.807, 2.05) is 39.6 Å². The van der Waals surface area contributed by atoms with Gasteiger partial charge < -0.3 is 19.3 Å². The Hall–Kier alpha value is -4.63. The summed E-state index contributed by atoms with van der Waals surface area (Å²) in [4.78, 5) is 32.6. The molecule has 3 saturated heterocycles. The molecule has 0 radical (unpaired) electrons. The molecule has 0 spiro atoms. The summed E-state index contributed by atoms with van der Waals surface area (Å²) in [6.45, 7) is 9.63. The molecule has 3 aliphatic rings. The van der Waals surface area contributed by atoms with E-state index < -0.39 is 35.0 Å². The van der Waals surface area contributed by atoms with Crippen LogP contribution in [0.15, 0.2) is 36.5 Å². The largest absolute Gasteiger partial charge is 0.461 e. The Morgan fingerprint density at radius 3 is 2.72 bits per heavy atom. The van der Waals surface area contributed by atoms with Crippen LogP contribution in [0, 0.1) is 29.9 Å². The number of benzene rings is 2. The number of alkyl halides is 1. The molecule has 0 saturated carbocycles. The van der Waals surface area contributed by atoms with Crippen LogP contribution in [0.3, 0.4) is 0 Å². The third-order valence-corrected chi connectivity index (χ3v) is 10.3. The molecule has 3 aliphatic heterocycles. The molecule has 9 nitrogen and oxygen atoms in total. The smallest absolute Gasteiger partial charge is 0.410 e. The average Bonchev–Trinajstić information content (AvgIpc) is 3.74. The Labute approximate surface area is 289 Å². The molecule has 4 aromatic rings. The van der Waals surface area contributed by atoms with E-state index in [0.29, 0.717) is 53.6 Å². The van der Waals surface area contributed by atoms with Crippen molar-refractivity contribution in [2.75, 3.05) is 44.7 Å². The minimum absolute atomic E-state index is 0.0117. The summed E-state index contributed by atoms with van der Waals surface area (Å²) in [6.07, 6.45) is 7.94. The lowest BCUT2D eigenvalue weighted by Crippen LogP contribution is -2.43. The quantitative estimate of drug-likeness (QED) is 0.206. The van der Waals surface area contributed by atoms with Gasteiger partial charge in [0, 0.05) is 50.2 Å². The number of aromatic nitrogens is 3. The van der Waals surface area contributed by atoms with Gasteiger partial charge in [-0.25, -0.2) is 18.0 Å². The van der Waals surface area contributed by atoms with Gasteiger partial charge in [0.2, 0.25) is 0 Å². The first kappa shape index (κ1) is 33.8. The van der Waals surface area contributed by atoms with Gasteiger partial charge in [-0.1, -0.05) is 37.1 Å². The Bertz CT molecular complexity index is 2030. The fourth-order valence-electron chi connectivity index (χ4n) is 7.97. The van der Waals surface area contributed by atoms with Crippen LogP contribution in [0.5, 0.6) is 6.01 Å². The van der Waals surface area contributed by atoms with Crippen molar-refractivity contribution in [2.45, 2.75) is 70.3 Å². The van der Waals surface area contributed by atoms with E-state index in [9.17, 15) is 13.6 Å². The number of anilines is 1. The summed E-state index contributed by atoms with van der Waals surface area (Å²) >= 11 is 0. The highest BCUT2D eigenvalue weighted by molar-refractivity contribution is 6.02. The Balaban J connectivity index is 1.32. The van der Waals surface area contributed by atoms with Crippen LogP contribution in [0.2, 0.25) is 0 Å². The molecule has 2 aromatic carbocycles. The monoisotopic (exact) mass is 686 g/mol. The number of pyridine rings is 1. The SMILES string of the molecule is C#Cc1c(F)ccc2cccc(-c3ncc4c(N(C)[C@@H]5CN(C(=O)OC(C)(C)C)C[C@@H]5C)nc(OC[C@@]56CCCN5C[C@H](F)C6)nc4c3F)c12. The number of likely N-dealkylation sites (tertiary alicyclic amines) is 1. The lowest BCUT2D eigenvalue weighted by molar-refractivity contribution is 0.0287. The highest BCUT2D eigenvalue weighted by Gasteiger charge is 2.49. The summed E-state index contributed by atoms with van der Waals surface area (Å²) in [6, 6.07) is 7.79. The minimum atomic E-state index is -0.945. The molecule has 7 rings (SSSR count). The summed E-state index contributed by atoms with van der Waals surface area (Å²) in [5.74, 6) is 1.46. The second kappa shape index (κ2) is 12.6. The first-order chi connectivity index (χ1) is 23.8.